The molecule has 2 unspecified atom stereocenters. The summed E-state index contributed by atoms with van der Waals surface area (Å²) in [6, 6.07) is 17.7. The number of oxazole rings is 2. The quantitative estimate of drug-likeness (QED) is 0.0867. The second-order valence-corrected chi connectivity index (χ2v) is 16.4. The van der Waals surface area contributed by atoms with Crippen LogP contribution in [0.5, 0.6) is 0 Å². The topological polar surface area (TPSA) is 52.1 Å². The Morgan fingerprint density at radius 1 is 0.540 bits per heavy atom. The highest BCUT2D eigenvalue weighted by Crippen LogP contribution is 2.40. The molecule has 0 saturated heterocycles. The third kappa shape index (κ3) is 8.38. The summed E-state index contributed by atoms with van der Waals surface area (Å²) in [7, 11) is 0. The van der Waals surface area contributed by atoms with Crippen LogP contribution in [0.15, 0.2) is 57.4 Å². The fraction of sp³-hybridized carbons (Fsp3) is 0.565. The van der Waals surface area contributed by atoms with Crippen LogP contribution >= 0.6 is 0 Å². The van der Waals surface area contributed by atoms with Crippen LogP contribution in [0.1, 0.15) is 180 Å². The van der Waals surface area contributed by atoms with E-state index in [-0.39, 0.29) is 10.8 Å². The molecule has 0 aliphatic rings. The van der Waals surface area contributed by atoms with Crippen LogP contribution in [0.4, 0.5) is 0 Å². The van der Waals surface area contributed by atoms with Crippen molar-refractivity contribution in [1.29, 1.82) is 0 Å². The minimum atomic E-state index is 0.0744. The van der Waals surface area contributed by atoms with Crippen molar-refractivity contribution < 1.29 is 8.83 Å². The Kier molecular flexibility index (Phi) is 12.3. The molecule has 3 aromatic carbocycles. The molecular formula is C46H64N2O2. The van der Waals surface area contributed by atoms with Gasteiger partial charge in [-0.2, -0.15) is 0 Å². The average molecular weight is 677 g/mol. The summed E-state index contributed by atoms with van der Waals surface area (Å²) in [5, 5.41) is 0. The summed E-state index contributed by atoms with van der Waals surface area (Å²) in [6.45, 7) is 23.1. The minimum absolute atomic E-state index is 0.0744. The standard InChI is InChI=1S/C46H64N2O2/c1-11-15-17-19-21-31(5)37-27-35(45(7,8)13-3)29-39-41(37)49-43(47-39)33-23-25-34(26-24-33)44-48-40-30-36(46(9,10)14-4)28-38(42(40)50-44)32(6)22-20-18-16-12-2/h23-32H,11-22H2,1-10H3. The molecule has 0 N–H and O–H groups in total. The molecule has 0 fully saturated rings. The molecule has 0 amide bonds. The largest absolute Gasteiger partial charge is 0.436 e. The average Bonchev–Trinajstić information content (AvgIpc) is 3.76. The maximum atomic E-state index is 6.62. The van der Waals surface area contributed by atoms with Gasteiger partial charge < -0.3 is 8.83 Å². The van der Waals surface area contributed by atoms with Crippen molar-refractivity contribution in [3.05, 3.63) is 70.8 Å². The highest BCUT2D eigenvalue weighted by atomic mass is 16.4. The van der Waals surface area contributed by atoms with E-state index in [1.807, 2.05) is 0 Å². The Labute approximate surface area is 302 Å². The second-order valence-electron chi connectivity index (χ2n) is 16.4. The summed E-state index contributed by atoms with van der Waals surface area (Å²) in [5.41, 5.74) is 11.1. The third-order valence-electron chi connectivity index (χ3n) is 11.8. The molecular weight excluding hydrogens is 613 g/mol. The normalized spacial score (nSPS) is 13.8. The van der Waals surface area contributed by atoms with Gasteiger partial charge in [0, 0.05) is 22.3 Å². The predicted octanol–water partition coefficient (Wildman–Crippen LogP) is 14.8. The minimum Gasteiger partial charge on any atom is -0.436 e. The van der Waals surface area contributed by atoms with Gasteiger partial charge in [0.05, 0.1) is 0 Å². The van der Waals surface area contributed by atoms with E-state index in [2.05, 4.69) is 118 Å². The molecule has 4 heteroatoms. The van der Waals surface area contributed by atoms with Crippen molar-refractivity contribution >= 4 is 22.2 Å². The van der Waals surface area contributed by atoms with Gasteiger partial charge in [0.25, 0.3) is 0 Å². The number of aromatic nitrogens is 2. The van der Waals surface area contributed by atoms with Gasteiger partial charge in [-0.05, 0) is 95.9 Å². The highest BCUT2D eigenvalue weighted by Gasteiger charge is 2.26. The zero-order valence-corrected chi connectivity index (χ0v) is 33.0. The maximum Gasteiger partial charge on any atom is 0.227 e. The van der Waals surface area contributed by atoms with Crippen LogP contribution in [-0.4, -0.2) is 9.97 Å². The van der Waals surface area contributed by atoms with Gasteiger partial charge in [0.15, 0.2) is 11.2 Å². The number of nitrogens with zero attached hydrogens (tertiary/aromatic N) is 2. The first kappa shape index (κ1) is 37.8. The van der Waals surface area contributed by atoms with Gasteiger partial charge in [-0.1, -0.05) is 133 Å². The van der Waals surface area contributed by atoms with E-state index < -0.39 is 0 Å². The molecule has 0 spiro atoms. The number of unbranched alkanes of at least 4 members (excludes halogenated alkanes) is 6. The zero-order valence-electron chi connectivity index (χ0n) is 33.0. The van der Waals surface area contributed by atoms with E-state index in [0.29, 0.717) is 23.6 Å². The van der Waals surface area contributed by atoms with E-state index >= 15 is 0 Å². The van der Waals surface area contributed by atoms with Gasteiger partial charge in [-0.3, -0.25) is 0 Å². The lowest BCUT2D eigenvalue weighted by atomic mass is 9.80. The summed E-state index contributed by atoms with van der Waals surface area (Å²) < 4.78 is 13.2. The first-order chi connectivity index (χ1) is 23.9. The van der Waals surface area contributed by atoms with E-state index in [9.17, 15) is 0 Å². The maximum absolute atomic E-state index is 6.62. The van der Waals surface area contributed by atoms with Gasteiger partial charge in [-0.15, -0.1) is 0 Å². The summed E-state index contributed by atoms with van der Waals surface area (Å²) in [4.78, 5) is 10.2. The van der Waals surface area contributed by atoms with E-state index in [0.717, 1.165) is 59.0 Å². The van der Waals surface area contributed by atoms with Gasteiger partial charge >= 0.3 is 0 Å². The van der Waals surface area contributed by atoms with E-state index in [1.165, 1.54) is 73.6 Å². The lowest BCUT2D eigenvalue weighted by Gasteiger charge is -2.25. The summed E-state index contributed by atoms with van der Waals surface area (Å²) in [5.74, 6) is 2.16. The number of hydrogen-bond acceptors (Lipinski definition) is 4. The second kappa shape index (κ2) is 16.3. The lowest BCUT2D eigenvalue weighted by molar-refractivity contribution is 0.504. The van der Waals surface area contributed by atoms with Crippen molar-refractivity contribution in [1.82, 2.24) is 9.97 Å². The predicted molar refractivity (Wildman–Crippen MR) is 213 cm³/mol. The van der Waals surface area contributed by atoms with Gasteiger partial charge in [0.2, 0.25) is 11.8 Å². The molecule has 2 aromatic heterocycles. The molecule has 2 heterocycles. The van der Waals surface area contributed by atoms with E-state index in [1.54, 1.807) is 0 Å². The highest BCUT2D eigenvalue weighted by molar-refractivity contribution is 5.83. The van der Waals surface area contributed by atoms with Crippen molar-refractivity contribution in [2.75, 3.05) is 0 Å². The Bertz CT molecular complexity index is 1700. The Balaban J connectivity index is 1.48. The third-order valence-corrected chi connectivity index (χ3v) is 11.8. The Morgan fingerprint density at radius 3 is 1.26 bits per heavy atom. The summed E-state index contributed by atoms with van der Waals surface area (Å²) in [6.07, 6.45) is 14.6. The van der Waals surface area contributed by atoms with Gasteiger partial charge in [-0.25, -0.2) is 9.97 Å². The number of fused-ring (bicyclic) bond motifs is 2. The van der Waals surface area contributed by atoms with Crippen LogP contribution in [0.3, 0.4) is 0 Å². The fourth-order valence-electron chi connectivity index (χ4n) is 7.11. The lowest BCUT2D eigenvalue weighted by Crippen LogP contribution is -2.16. The molecule has 5 rings (SSSR count). The zero-order chi connectivity index (χ0) is 36.1. The van der Waals surface area contributed by atoms with Crippen LogP contribution in [0.2, 0.25) is 0 Å². The van der Waals surface area contributed by atoms with Crippen LogP contribution in [-0.2, 0) is 10.8 Å². The van der Waals surface area contributed by atoms with Crippen molar-refractivity contribution in [3.63, 3.8) is 0 Å². The molecule has 5 aromatic rings. The monoisotopic (exact) mass is 676 g/mol. The molecule has 0 bridgehead atoms. The van der Waals surface area contributed by atoms with E-state index in [4.69, 9.17) is 18.8 Å². The van der Waals surface area contributed by atoms with Crippen molar-refractivity contribution in [2.45, 2.75) is 169 Å². The molecule has 50 heavy (non-hydrogen) atoms. The molecule has 2 atom stereocenters. The molecule has 0 aliphatic heterocycles. The van der Waals surface area contributed by atoms with Crippen molar-refractivity contribution in [3.8, 4) is 22.9 Å². The number of rotatable bonds is 18. The Hall–Kier alpha value is -3.40. The number of benzene rings is 3. The van der Waals surface area contributed by atoms with Crippen LogP contribution < -0.4 is 0 Å². The first-order valence-electron chi connectivity index (χ1n) is 19.9. The smallest absolute Gasteiger partial charge is 0.227 e. The van der Waals surface area contributed by atoms with Crippen LogP contribution in [0, 0.1) is 0 Å². The van der Waals surface area contributed by atoms with Crippen molar-refractivity contribution in [2.24, 2.45) is 0 Å². The fourth-order valence-corrected chi connectivity index (χ4v) is 7.11. The SMILES string of the molecule is CCCCCCC(C)c1cc(C(C)(C)CC)cc2nc(-c3ccc(-c4nc5cc(C(C)(C)CC)cc(C(C)CCCCCC)c5o4)cc3)oc12. The van der Waals surface area contributed by atoms with Crippen LogP contribution in [0.25, 0.3) is 45.1 Å². The molecule has 0 saturated carbocycles. The molecule has 270 valence electrons. The van der Waals surface area contributed by atoms with Gasteiger partial charge in [0.1, 0.15) is 11.0 Å². The first-order valence-corrected chi connectivity index (χ1v) is 19.9. The molecule has 0 radical (unpaired) electrons. The summed E-state index contributed by atoms with van der Waals surface area (Å²) >= 11 is 0. The molecule has 4 nitrogen and oxygen atoms in total. The number of hydrogen-bond donors (Lipinski definition) is 0. The Morgan fingerprint density at radius 2 is 0.920 bits per heavy atom. The molecule has 0 aliphatic carbocycles.